The third-order valence-electron chi connectivity index (χ3n) is 4.28. The molecule has 0 saturated carbocycles. The van der Waals surface area contributed by atoms with Gasteiger partial charge in [0.25, 0.3) is 0 Å². The number of carbonyl (C=O) groups excluding carboxylic acids is 1. The second-order valence-electron chi connectivity index (χ2n) is 6.26. The normalized spacial score (nSPS) is 12.0. The quantitative estimate of drug-likeness (QED) is 0.754. The first-order valence-electron chi connectivity index (χ1n) is 8.36. The number of anilines is 1. The van der Waals surface area contributed by atoms with Gasteiger partial charge in [0.05, 0.1) is 34.2 Å². The third-order valence-corrected chi connectivity index (χ3v) is 4.28. The predicted octanol–water partition coefficient (Wildman–Crippen LogP) is 3.23. The van der Waals surface area contributed by atoms with E-state index in [4.69, 9.17) is 0 Å². The molecular weight excluding hydrogens is 361 g/mol. The summed E-state index contributed by atoms with van der Waals surface area (Å²) in [7, 11) is 0. The maximum Gasteiger partial charge on any atom is 0.417 e. The second kappa shape index (κ2) is 6.67. The van der Waals surface area contributed by atoms with Crippen molar-refractivity contribution in [1.29, 1.82) is 0 Å². The van der Waals surface area contributed by atoms with E-state index in [0.29, 0.717) is 12.2 Å². The summed E-state index contributed by atoms with van der Waals surface area (Å²) in [6.45, 7) is 7.10. The molecule has 10 heteroatoms. The summed E-state index contributed by atoms with van der Waals surface area (Å²) < 4.78 is 43.0. The molecule has 0 fully saturated rings. The number of pyridine rings is 1. The summed E-state index contributed by atoms with van der Waals surface area (Å²) >= 11 is 0. The Hall–Kier alpha value is -2.91. The van der Waals surface area contributed by atoms with E-state index in [-0.39, 0.29) is 29.0 Å². The molecule has 144 valence electrons. The Bertz CT molecular complexity index is 1020. The number of nitrogens with one attached hydrogen (secondary N) is 1. The van der Waals surface area contributed by atoms with Gasteiger partial charge in [-0.15, -0.1) is 0 Å². The van der Waals surface area contributed by atoms with E-state index in [2.05, 4.69) is 20.5 Å². The zero-order chi connectivity index (χ0) is 19.9. The number of hydrogen-bond acceptors (Lipinski definition) is 4. The van der Waals surface area contributed by atoms with E-state index < -0.39 is 17.6 Å². The zero-order valence-electron chi connectivity index (χ0n) is 15.3. The van der Waals surface area contributed by atoms with Gasteiger partial charge in [0.15, 0.2) is 5.65 Å². The Kier molecular flexibility index (Phi) is 4.66. The van der Waals surface area contributed by atoms with Gasteiger partial charge >= 0.3 is 6.18 Å². The number of aryl methyl sites for hydroxylation is 3. The Morgan fingerprint density at radius 1 is 1.22 bits per heavy atom. The highest BCUT2D eigenvalue weighted by atomic mass is 19.4. The first-order chi connectivity index (χ1) is 12.6. The molecule has 0 aromatic carbocycles. The van der Waals surface area contributed by atoms with Crippen LogP contribution in [-0.4, -0.2) is 30.5 Å². The van der Waals surface area contributed by atoms with E-state index in [9.17, 15) is 18.0 Å². The summed E-state index contributed by atoms with van der Waals surface area (Å²) in [5.41, 5.74) is 0.963. The van der Waals surface area contributed by atoms with Crippen LogP contribution in [0.5, 0.6) is 0 Å². The molecule has 0 bridgehead atoms. The van der Waals surface area contributed by atoms with Crippen molar-refractivity contribution in [2.75, 3.05) is 5.32 Å². The number of amides is 1. The Morgan fingerprint density at radius 3 is 2.52 bits per heavy atom. The molecule has 3 aromatic heterocycles. The summed E-state index contributed by atoms with van der Waals surface area (Å²) in [5.74, 6) is -0.421. The molecule has 0 unspecified atom stereocenters. The highest BCUT2D eigenvalue weighted by Gasteiger charge is 2.35. The molecule has 0 aliphatic heterocycles. The van der Waals surface area contributed by atoms with Crippen LogP contribution in [0.25, 0.3) is 11.0 Å². The monoisotopic (exact) mass is 380 g/mol. The minimum absolute atomic E-state index is 0.0379. The fourth-order valence-corrected chi connectivity index (χ4v) is 3.03. The Morgan fingerprint density at radius 2 is 1.93 bits per heavy atom. The SMILES string of the molecule is CCn1ncc(NC(=O)Cn2nc(C)c3c(C(F)(F)F)cc(C)nc32)c1C. The van der Waals surface area contributed by atoms with Crippen molar-refractivity contribution in [2.24, 2.45) is 0 Å². The molecule has 0 aliphatic rings. The maximum atomic E-state index is 13.4. The molecule has 0 atom stereocenters. The molecule has 0 radical (unpaired) electrons. The summed E-state index contributed by atoms with van der Waals surface area (Å²) in [5, 5.41) is 10.9. The van der Waals surface area contributed by atoms with Crippen LogP contribution >= 0.6 is 0 Å². The summed E-state index contributed by atoms with van der Waals surface area (Å²) in [6, 6.07) is 0.990. The van der Waals surface area contributed by atoms with Crippen molar-refractivity contribution in [1.82, 2.24) is 24.5 Å². The van der Waals surface area contributed by atoms with Crippen LogP contribution in [0.4, 0.5) is 18.9 Å². The van der Waals surface area contributed by atoms with E-state index in [1.807, 2.05) is 13.8 Å². The lowest BCUT2D eigenvalue weighted by atomic mass is 10.1. The molecule has 0 saturated heterocycles. The number of hydrogen-bond donors (Lipinski definition) is 1. The molecular formula is C17H19F3N6O. The lowest BCUT2D eigenvalue weighted by Crippen LogP contribution is -2.20. The van der Waals surface area contributed by atoms with Crippen molar-refractivity contribution in [2.45, 2.75) is 47.0 Å². The standard InChI is InChI=1S/C17H19F3N6O/c1-5-25-11(4)13(7-21-25)23-14(27)8-26-16-15(10(3)24-26)12(17(18,19)20)6-9(2)22-16/h6-7H,5,8H2,1-4H3,(H,23,27). The van der Waals surface area contributed by atoms with E-state index in [1.165, 1.54) is 24.7 Å². The third kappa shape index (κ3) is 3.51. The van der Waals surface area contributed by atoms with Crippen LogP contribution in [0.15, 0.2) is 12.3 Å². The van der Waals surface area contributed by atoms with Crippen molar-refractivity contribution in [3.63, 3.8) is 0 Å². The molecule has 7 nitrogen and oxygen atoms in total. The topological polar surface area (TPSA) is 77.6 Å². The summed E-state index contributed by atoms with van der Waals surface area (Å²) in [4.78, 5) is 16.6. The highest BCUT2D eigenvalue weighted by Crippen LogP contribution is 2.36. The predicted molar refractivity (Wildman–Crippen MR) is 93.3 cm³/mol. The van der Waals surface area contributed by atoms with Gasteiger partial charge in [-0.3, -0.25) is 9.48 Å². The molecule has 0 spiro atoms. The van der Waals surface area contributed by atoms with Gasteiger partial charge in [0.1, 0.15) is 6.54 Å². The van der Waals surface area contributed by atoms with Crippen LogP contribution in [0.2, 0.25) is 0 Å². The van der Waals surface area contributed by atoms with Gasteiger partial charge in [-0.05, 0) is 33.8 Å². The second-order valence-corrected chi connectivity index (χ2v) is 6.26. The van der Waals surface area contributed by atoms with Crippen LogP contribution < -0.4 is 5.32 Å². The fourth-order valence-electron chi connectivity index (χ4n) is 3.03. The zero-order valence-corrected chi connectivity index (χ0v) is 15.3. The Labute approximate surface area is 153 Å². The van der Waals surface area contributed by atoms with E-state index in [0.717, 1.165) is 11.8 Å². The molecule has 27 heavy (non-hydrogen) atoms. The number of carbonyl (C=O) groups is 1. The minimum Gasteiger partial charge on any atom is -0.322 e. The van der Waals surface area contributed by atoms with Gasteiger partial charge in [0.2, 0.25) is 5.91 Å². The van der Waals surface area contributed by atoms with Crippen molar-refractivity contribution in [3.05, 3.63) is 34.9 Å². The molecule has 0 aliphatic carbocycles. The smallest absolute Gasteiger partial charge is 0.322 e. The maximum absolute atomic E-state index is 13.4. The van der Waals surface area contributed by atoms with E-state index in [1.54, 1.807) is 4.68 Å². The van der Waals surface area contributed by atoms with Crippen LogP contribution in [0.3, 0.4) is 0 Å². The van der Waals surface area contributed by atoms with Crippen LogP contribution in [0.1, 0.15) is 29.6 Å². The Balaban J connectivity index is 1.94. The van der Waals surface area contributed by atoms with Crippen molar-refractivity contribution >= 4 is 22.6 Å². The molecule has 1 N–H and O–H groups in total. The lowest BCUT2D eigenvalue weighted by molar-refractivity contribution is -0.136. The molecule has 3 aromatic rings. The number of halogens is 3. The van der Waals surface area contributed by atoms with Crippen molar-refractivity contribution < 1.29 is 18.0 Å². The average molecular weight is 380 g/mol. The number of aromatic nitrogens is 5. The first kappa shape index (κ1) is 18.9. The number of rotatable bonds is 4. The fraction of sp³-hybridized carbons (Fsp3) is 0.412. The van der Waals surface area contributed by atoms with Crippen molar-refractivity contribution in [3.8, 4) is 0 Å². The molecule has 3 rings (SSSR count). The molecule has 3 heterocycles. The van der Waals surface area contributed by atoms with Gasteiger partial charge in [-0.25, -0.2) is 9.67 Å². The van der Waals surface area contributed by atoms with Gasteiger partial charge in [-0.1, -0.05) is 0 Å². The average Bonchev–Trinajstić information content (AvgIpc) is 3.06. The van der Waals surface area contributed by atoms with Gasteiger partial charge < -0.3 is 5.32 Å². The van der Waals surface area contributed by atoms with Gasteiger partial charge in [-0.2, -0.15) is 23.4 Å². The number of fused-ring (bicyclic) bond motifs is 1. The largest absolute Gasteiger partial charge is 0.417 e. The number of alkyl halides is 3. The van der Waals surface area contributed by atoms with Crippen LogP contribution in [-0.2, 0) is 24.1 Å². The lowest BCUT2D eigenvalue weighted by Gasteiger charge is -2.10. The summed E-state index contributed by atoms with van der Waals surface area (Å²) in [6.07, 6.45) is -2.99. The first-order valence-corrected chi connectivity index (χ1v) is 8.36. The number of nitrogens with zero attached hydrogens (tertiary/aromatic N) is 5. The highest BCUT2D eigenvalue weighted by molar-refractivity contribution is 5.92. The minimum atomic E-state index is -4.53. The van der Waals surface area contributed by atoms with Crippen LogP contribution in [0, 0.1) is 20.8 Å². The van der Waals surface area contributed by atoms with E-state index >= 15 is 0 Å². The van der Waals surface area contributed by atoms with Gasteiger partial charge in [0, 0.05) is 12.2 Å². The molecule has 1 amide bonds.